The van der Waals surface area contributed by atoms with E-state index in [0.717, 1.165) is 25.0 Å². The van der Waals surface area contributed by atoms with E-state index in [9.17, 15) is 4.79 Å². The van der Waals surface area contributed by atoms with Crippen LogP contribution in [0.5, 0.6) is 0 Å². The Kier molecular flexibility index (Phi) is 5.56. The molecule has 0 radical (unpaired) electrons. The number of hydrogen-bond donors (Lipinski definition) is 1. The van der Waals surface area contributed by atoms with Gasteiger partial charge < -0.3 is 10.2 Å². The highest BCUT2D eigenvalue weighted by Gasteiger charge is 2.29. The molecule has 0 saturated carbocycles. The van der Waals surface area contributed by atoms with Crippen LogP contribution in [0.1, 0.15) is 39.0 Å². The number of halogens is 1. The predicted molar refractivity (Wildman–Crippen MR) is 67.9 cm³/mol. The van der Waals surface area contributed by atoms with E-state index in [1.807, 2.05) is 11.8 Å². The highest BCUT2D eigenvalue weighted by Crippen LogP contribution is 2.25. The van der Waals surface area contributed by atoms with Crippen molar-refractivity contribution in [1.29, 1.82) is 0 Å². The summed E-state index contributed by atoms with van der Waals surface area (Å²) in [5.74, 6) is 1.14. The van der Waals surface area contributed by atoms with Crippen molar-refractivity contribution in [3.05, 3.63) is 0 Å². The van der Waals surface area contributed by atoms with Crippen molar-refractivity contribution < 1.29 is 4.79 Å². The van der Waals surface area contributed by atoms with Crippen molar-refractivity contribution in [2.45, 2.75) is 45.1 Å². The molecule has 94 valence electrons. The lowest BCUT2D eigenvalue weighted by Gasteiger charge is -2.34. The average Bonchev–Trinajstić information content (AvgIpc) is 2.82. The van der Waals surface area contributed by atoms with Gasteiger partial charge in [0.05, 0.1) is 0 Å². The largest absolute Gasteiger partial charge is 0.343 e. The van der Waals surface area contributed by atoms with Crippen LogP contribution in [0.4, 0.5) is 0 Å². The third-order valence-electron chi connectivity index (χ3n) is 3.86. The summed E-state index contributed by atoms with van der Waals surface area (Å²) < 4.78 is 0. The van der Waals surface area contributed by atoms with Gasteiger partial charge in [-0.3, -0.25) is 4.79 Å². The first kappa shape index (κ1) is 13.8. The number of rotatable bonds is 2. The number of hydrogen-bond acceptors (Lipinski definition) is 2. The van der Waals surface area contributed by atoms with Crippen LogP contribution in [0.3, 0.4) is 0 Å². The van der Waals surface area contributed by atoms with Gasteiger partial charge in [0.2, 0.25) is 5.91 Å². The lowest BCUT2D eigenvalue weighted by molar-refractivity contribution is -0.132. The monoisotopic (exact) mass is 246 g/mol. The first-order valence-electron chi connectivity index (χ1n) is 6.32. The van der Waals surface area contributed by atoms with Crippen molar-refractivity contribution in [1.82, 2.24) is 10.2 Å². The molecule has 2 heterocycles. The Bertz CT molecular complexity index is 221. The standard InChI is InChI=1S/C12H22N2O.ClH/c1-2-12(15)14-8-5-10(6-9-14)11-4-3-7-13-11;/h10-11,13H,2-9H2,1H3;1H. The normalized spacial score (nSPS) is 26.6. The van der Waals surface area contributed by atoms with Gasteiger partial charge in [-0.2, -0.15) is 0 Å². The molecular formula is C12H23ClN2O. The van der Waals surface area contributed by atoms with Crippen molar-refractivity contribution >= 4 is 18.3 Å². The summed E-state index contributed by atoms with van der Waals surface area (Å²) in [6.45, 7) is 5.11. The molecule has 3 nitrogen and oxygen atoms in total. The Labute approximate surface area is 104 Å². The van der Waals surface area contributed by atoms with Crippen LogP contribution >= 0.6 is 12.4 Å². The van der Waals surface area contributed by atoms with Crippen molar-refractivity contribution in [3.8, 4) is 0 Å². The van der Waals surface area contributed by atoms with E-state index in [-0.39, 0.29) is 12.4 Å². The Morgan fingerprint density at radius 1 is 1.31 bits per heavy atom. The molecule has 16 heavy (non-hydrogen) atoms. The molecule has 2 saturated heterocycles. The Balaban J connectivity index is 0.00000128. The molecule has 0 aromatic rings. The van der Waals surface area contributed by atoms with Gasteiger partial charge in [-0.15, -0.1) is 12.4 Å². The third-order valence-corrected chi connectivity index (χ3v) is 3.86. The molecule has 1 amide bonds. The lowest BCUT2D eigenvalue weighted by atomic mass is 9.88. The minimum absolute atomic E-state index is 0. The maximum atomic E-state index is 11.5. The summed E-state index contributed by atoms with van der Waals surface area (Å²) in [6, 6.07) is 0.740. The Hall–Kier alpha value is -0.280. The maximum absolute atomic E-state index is 11.5. The molecule has 2 aliphatic heterocycles. The van der Waals surface area contributed by atoms with E-state index >= 15 is 0 Å². The molecule has 2 rings (SSSR count). The number of nitrogens with zero attached hydrogens (tertiary/aromatic N) is 1. The number of carbonyl (C=O) groups excluding carboxylic acids is 1. The zero-order valence-electron chi connectivity index (χ0n) is 10.1. The van der Waals surface area contributed by atoms with Gasteiger partial charge in [-0.25, -0.2) is 0 Å². The Morgan fingerprint density at radius 3 is 2.50 bits per heavy atom. The van der Waals surface area contributed by atoms with Crippen molar-refractivity contribution in [2.24, 2.45) is 5.92 Å². The molecule has 0 bridgehead atoms. The van der Waals surface area contributed by atoms with Crippen LogP contribution < -0.4 is 5.32 Å². The molecule has 0 aromatic carbocycles. The zero-order valence-corrected chi connectivity index (χ0v) is 10.9. The smallest absolute Gasteiger partial charge is 0.222 e. The van der Waals surface area contributed by atoms with Crippen molar-refractivity contribution in [3.63, 3.8) is 0 Å². The summed E-state index contributed by atoms with van der Waals surface area (Å²) in [5, 5.41) is 3.58. The highest BCUT2D eigenvalue weighted by atomic mass is 35.5. The van der Waals surface area contributed by atoms with Gasteiger partial charge in [0.25, 0.3) is 0 Å². The zero-order chi connectivity index (χ0) is 10.7. The molecule has 2 fully saturated rings. The molecule has 4 heteroatoms. The van der Waals surface area contributed by atoms with Gasteiger partial charge in [0.15, 0.2) is 0 Å². The SMILES string of the molecule is CCC(=O)N1CCC(C2CCCN2)CC1.Cl. The van der Waals surface area contributed by atoms with E-state index in [4.69, 9.17) is 0 Å². The third kappa shape index (κ3) is 3.11. The first-order valence-corrected chi connectivity index (χ1v) is 6.32. The molecule has 1 N–H and O–H groups in total. The van der Waals surface area contributed by atoms with E-state index in [1.54, 1.807) is 0 Å². The second-order valence-corrected chi connectivity index (χ2v) is 4.77. The molecule has 1 unspecified atom stereocenters. The van der Waals surface area contributed by atoms with Gasteiger partial charge in [0, 0.05) is 25.6 Å². The summed E-state index contributed by atoms with van der Waals surface area (Å²) in [7, 11) is 0. The lowest BCUT2D eigenvalue weighted by Crippen LogP contribution is -2.43. The summed E-state index contributed by atoms with van der Waals surface area (Å²) in [4.78, 5) is 13.5. The first-order chi connectivity index (χ1) is 7.31. The highest BCUT2D eigenvalue weighted by molar-refractivity contribution is 5.85. The molecule has 0 aliphatic carbocycles. The van der Waals surface area contributed by atoms with E-state index in [2.05, 4.69) is 5.32 Å². The second-order valence-electron chi connectivity index (χ2n) is 4.77. The van der Waals surface area contributed by atoms with Gasteiger partial charge in [-0.1, -0.05) is 6.92 Å². The number of piperidine rings is 1. The number of amides is 1. The van der Waals surface area contributed by atoms with Gasteiger partial charge in [0.1, 0.15) is 0 Å². The molecule has 0 spiro atoms. The molecule has 0 aromatic heterocycles. The molecule has 1 atom stereocenters. The van der Waals surface area contributed by atoms with E-state index < -0.39 is 0 Å². The number of nitrogens with one attached hydrogen (secondary N) is 1. The maximum Gasteiger partial charge on any atom is 0.222 e. The summed E-state index contributed by atoms with van der Waals surface area (Å²) in [5.41, 5.74) is 0. The Morgan fingerprint density at radius 2 is 2.00 bits per heavy atom. The molecular weight excluding hydrogens is 224 g/mol. The van der Waals surface area contributed by atoms with Crippen LogP contribution in [0.25, 0.3) is 0 Å². The minimum atomic E-state index is 0. The van der Waals surface area contributed by atoms with Crippen LogP contribution in [0, 0.1) is 5.92 Å². The van der Waals surface area contributed by atoms with Gasteiger partial charge >= 0.3 is 0 Å². The fourth-order valence-electron chi connectivity index (χ4n) is 2.89. The van der Waals surface area contributed by atoms with Gasteiger partial charge in [-0.05, 0) is 38.1 Å². The fraction of sp³-hybridized carbons (Fsp3) is 0.917. The molecule has 2 aliphatic rings. The van der Waals surface area contributed by atoms with E-state index in [1.165, 1.54) is 32.2 Å². The number of likely N-dealkylation sites (tertiary alicyclic amines) is 1. The summed E-state index contributed by atoms with van der Waals surface area (Å²) in [6.07, 6.45) is 5.73. The second kappa shape index (κ2) is 6.45. The quantitative estimate of drug-likeness (QED) is 0.806. The van der Waals surface area contributed by atoms with Crippen LogP contribution in [-0.2, 0) is 4.79 Å². The number of carbonyl (C=O) groups is 1. The van der Waals surface area contributed by atoms with E-state index in [0.29, 0.717) is 12.3 Å². The predicted octanol–water partition coefficient (Wildman–Crippen LogP) is 1.81. The minimum Gasteiger partial charge on any atom is -0.343 e. The topological polar surface area (TPSA) is 32.3 Å². The average molecular weight is 247 g/mol. The van der Waals surface area contributed by atoms with Crippen molar-refractivity contribution in [2.75, 3.05) is 19.6 Å². The van der Waals surface area contributed by atoms with Crippen LogP contribution in [-0.4, -0.2) is 36.5 Å². The fourth-order valence-corrected chi connectivity index (χ4v) is 2.89. The summed E-state index contributed by atoms with van der Waals surface area (Å²) >= 11 is 0. The van der Waals surface area contributed by atoms with Crippen LogP contribution in [0.2, 0.25) is 0 Å². The van der Waals surface area contributed by atoms with Crippen LogP contribution in [0.15, 0.2) is 0 Å².